The van der Waals surface area contributed by atoms with Crippen LogP contribution in [0.2, 0.25) is 0 Å². The molecule has 0 saturated heterocycles. The van der Waals surface area contributed by atoms with Crippen molar-refractivity contribution in [1.82, 2.24) is 14.8 Å². The van der Waals surface area contributed by atoms with Gasteiger partial charge in [0.2, 0.25) is 0 Å². The lowest BCUT2D eigenvalue weighted by Gasteiger charge is -2.09. The van der Waals surface area contributed by atoms with Crippen LogP contribution in [-0.2, 0) is 0 Å². The quantitative estimate of drug-likeness (QED) is 0.199. The maximum absolute atomic E-state index is 6.92. The van der Waals surface area contributed by atoms with Crippen LogP contribution in [0.25, 0.3) is 82.1 Å². The molecule has 0 atom stereocenters. The summed E-state index contributed by atoms with van der Waals surface area (Å²) in [5, 5.41) is 14.2. The highest BCUT2D eigenvalue weighted by Crippen LogP contribution is 2.46. The highest BCUT2D eigenvalue weighted by Gasteiger charge is 2.23. The van der Waals surface area contributed by atoms with Crippen molar-refractivity contribution in [3.8, 4) is 49.3 Å². The lowest BCUT2D eigenvalue weighted by atomic mass is 9.98. The fraction of sp³-hybridized carbons (Fsp3) is 0. The van der Waals surface area contributed by atoms with Gasteiger partial charge >= 0.3 is 0 Å². The standard InChI is InChI=1S/C40H25N3OS/c1-4-13-26(14-5-1)35-32-23-24-34-36(38(32)44-37(35)27-15-6-2-7-16-27)31-21-10-11-22-33(31)43(34)30-20-12-19-29(25-30)40-42-41-39(45-40)28-17-8-3-9-18-28/h1-25H. The Morgan fingerprint density at radius 1 is 0.489 bits per heavy atom. The van der Waals surface area contributed by atoms with E-state index in [1.807, 2.05) is 24.3 Å². The lowest BCUT2D eigenvalue weighted by molar-refractivity contribution is 0.636. The SMILES string of the molecule is c1ccc(-c2nnc(-c3cccc(-n4c5ccccc5c5c6oc(-c7ccccc7)c(-c7ccccc7)c6ccc54)c3)s2)cc1. The first-order chi connectivity index (χ1) is 22.3. The number of aromatic nitrogens is 3. The van der Waals surface area contributed by atoms with Gasteiger partial charge in [0.05, 0.1) is 16.4 Å². The lowest BCUT2D eigenvalue weighted by Crippen LogP contribution is -1.94. The largest absolute Gasteiger partial charge is 0.455 e. The molecular formula is C40H25N3OS. The zero-order valence-corrected chi connectivity index (χ0v) is 24.9. The smallest absolute Gasteiger partial charge is 0.148 e. The van der Waals surface area contributed by atoms with E-state index in [-0.39, 0.29) is 0 Å². The molecule has 0 aliphatic rings. The monoisotopic (exact) mass is 595 g/mol. The van der Waals surface area contributed by atoms with E-state index in [9.17, 15) is 0 Å². The van der Waals surface area contributed by atoms with Gasteiger partial charge in [-0.25, -0.2) is 0 Å². The van der Waals surface area contributed by atoms with Crippen LogP contribution in [0.4, 0.5) is 0 Å². The van der Waals surface area contributed by atoms with Gasteiger partial charge in [0.15, 0.2) is 0 Å². The van der Waals surface area contributed by atoms with Crippen LogP contribution in [0.15, 0.2) is 156 Å². The second-order valence-electron chi connectivity index (χ2n) is 11.1. The summed E-state index contributed by atoms with van der Waals surface area (Å²) in [5.41, 5.74) is 9.60. The molecule has 0 bridgehead atoms. The molecule has 0 spiro atoms. The zero-order valence-electron chi connectivity index (χ0n) is 24.1. The number of nitrogens with zero attached hydrogens (tertiary/aromatic N) is 3. The van der Waals surface area contributed by atoms with E-state index in [1.54, 1.807) is 11.3 Å². The van der Waals surface area contributed by atoms with Crippen molar-refractivity contribution in [3.63, 3.8) is 0 Å². The predicted molar refractivity (Wildman–Crippen MR) is 186 cm³/mol. The summed E-state index contributed by atoms with van der Waals surface area (Å²) >= 11 is 1.61. The molecule has 0 unspecified atom stereocenters. The molecule has 4 nitrogen and oxygen atoms in total. The van der Waals surface area contributed by atoms with E-state index in [4.69, 9.17) is 4.42 Å². The number of para-hydroxylation sites is 1. The first kappa shape index (κ1) is 25.7. The molecule has 0 amide bonds. The van der Waals surface area contributed by atoms with Crippen LogP contribution < -0.4 is 0 Å². The topological polar surface area (TPSA) is 43.9 Å². The third kappa shape index (κ3) is 4.20. The van der Waals surface area contributed by atoms with Gasteiger partial charge in [0.25, 0.3) is 0 Å². The Balaban J connectivity index is 1.28. The predicted octanol–water partition coefficient (Wildman–Crippen LogP) is 11.0. The van der Waals surface area contributed by atoms with Crippen LogP contribution in [0, 0.1) is 0 Å². The Morgan fingerprint density at radius 3 is 1.87 bits per heavy atom. The fourth-order valence-electron chi connectivity index (χ4n) is 6.38. The van der Waals surface area contributed by atoms with Gasteiger partial charge in [-0.05, 0) is 35.9 Å². The summed E-state index contributed by atoms with van der Waals surface area (Å²) in [6, 6.07) is 52.8. The Morgan fingerprint density at radius 2 is 1.11 bits per heavy atom. The van der Waals surface area contributed by atoms with E-state index in [0.29, 0.717) is 0 Å². The maximum atomic E-state index is 6.92. The number of furan rings is 1. The second kappa shape index (κ2) is 10.4. The van der Waals surface area contributed by atoms with Crippen LogP contribution in [0.3, 0.4) is 0 Å². The first-order valence-corrected chi connectivity index (χ1v) is 15.7. The fourth-order valence-corrected chi connectivity index (χ4v) is 7.23. The molecule has 0 radical (unpaired) electrons. The summed E-state index contributed by atoms with van der Waals surface area (Å²) in [6.45, 7) is 0. The van der Waals surface area contributed by atoms with E-state index >= 15 is 0 Å². The average molecular weight is 596 g/mol. The number of hydrogen-bond donors (Lipinski definition) is 0. The van der Waals surface area contributed by atoms with Gasteiger partial charge in [-0.3, -0.25) is 0 Å². The Kier molecular flexibility index (Phi) is 5.96. The Labute approximate surface area is 263 Å². The third-order valence-electron chi connectivity index (χ3n) is 8.39. The van der Waals surface area contributed by atoms with E-state index in [0.717, 1.165) is 82.1 Å². The van der Waals surface area contributed by atoms with Crippen LogP contribution in [0.5, 0.6) is 0 Å². The van der Waals surface area contributed by atoms with Gasteiger partial charge < -0.3 is 8.98 Å². The Bertz CT molecular complexity index is 2470. The van der Waals surface area contributed by atoms with E-state index < -0.39 is 0 Å². The van der Waals surface area contributed by atoms with Crippen LogP contribution >= 0.6 is 11.3 Å². The van der Waals surface area contributed by atoms with Gasteiger partial charge in [0.1, 0.15) is 21.4 Å². The molecule has 9 rings (SSSR count). The highest BCUT2D eigenvalue weighted by molar-refractivity contribution is 7.17. The van der Waals surface area contributed by atoms with Crippen LogP contribution in [-0.4, -0.2) is 14.8 Å². The molecule has 212 valence electrons. The van der Waals surface area contributed by atoms with Crippen LogP contribution in [0.1, 0.15) is 0 Å². The van der Waals surface area contributed by atoms with E-state index in [1.165, 1.54) is 0 Å². The van der Waals surface area contributed by atoms with Gasteiger partial charge in [-0.2, -0.15) is 0 Å². The van der Waals surface area contributed by atoms with Crippen molar-refractivity contribution in [2.45, 2.75) is 0 Å². The molecule has 6 aromatic carbocycles. The van der Waals surface area contributed by atoms with Crippen molar-refractivity contribution < 1.29 is 4.42 Å². The normalized spacial score (nSPS) is 11.6. The minimum Gasteiger partial charge on any atom is -0.455 e. The average Bonchev–Trinajstić information content (AvgIpc) is 3.84. The number of rotatable bonds is 5. The van der Waals surface area contributed by atoms with Gasteiger partial charge in [0, 0.05) is 38.7 Å². The minimum atomic E-state index is 0.883. The molecule has 3 aromatic heterocycles. The third-order valence-corrected chi connectivity index (χ3v) is 9.41. The number of hydrogen-bond acceptors (Lipinski definition) is 4. The molecule has 0 N–H and O–H groups in total. The summed E-state index contributed by atoms with van der Waals surface area (Å²) in [6.07, 6.45) is 0. The molecule has 45 heavy (non-hydrogen) atoms. The van der Waals surface area contributed by atoms with E-state index in [2.05, 4.69) is 142 Å². The Hall–Kier alpha value is -5.78. The van der Waals surface area contributed by atoms with Crippen molar-refractivity contribution in [2.75, 3.05) is 0 Å². The molecule has 9 aromatic rings. The molecule has 0 saturated carbocycles. The molecule has 5 heteroatoms. The summed E-state index contributed by atoms with van der Waals surface area (Å²) in [5.74, 6) is 0.883. The van der Waals surface area contributed by atoms with Gasteiger partial charge in [-0.1, -0.05) is 133 Å². The summed E-state index contributed by atoms with van der Waals surface area (Å²) < 4.78 is 9.25. The van der Waals surface area contributed by atoms with Crippen molar-refractivity contribution in [2.24, 2.45) is 0 Å². The molecule has 3 heterocycles. The maximum Gasteiger partial charge on any atom is 0.148 e. The highest BCUT2D eigenvalue weighted by atomic mass is 32.1. The molecule has 0 aliphatic carbocycles. The number of fused-ring (bicyclic) bond motifs is 5. The second-order valence-corrected chi connectivity index (χ2v) is 12.0. The first-order valence-electron chi connectivity index (χ1n) is 14.9. The zero-order chi connectivity index (χ0) is 29.7. The molecule has 0 aliphatic heterocycles. The van der Waals surface area contributed by atoms with Crippen molar-refractivity contribution >= 4 is 44.1 Å². The molecule has 0 fully saturated rings. The number of benzene rings is 6. The summed E-state index contributed by atoms with van der Waals surface area (Å²) in [7, 11) is 0. The van der Waals surface area contributed by atoms with Gasteiger partial charge in [-0.15, -0.1) is 10.2 Å². The summed E-state index contributed by atoms with van der Waals surface area (Å²) in [4.78, 5) is 0. The molecular weight excluding hydrogens is 571 g/mol. The van der Waals surface area contributed by atoms with Crippen molar-refractivity contribution in [3.05, 3.63) is 152 Å². The van der Waals surface area contributed by atoms with Crippen molar-refractivity contribution in [1.29, 1.82) is 0 Å². The minimum absolute atomic E-state index is 0.883.